The van der Waals surface area contributed by atoms with Crippen molar-refractivity contribution in [1.82, 2.24) is 0 Å². The van der Waals surface area contributed by atoms with Crippen molar-refractivity contribution in [3.05, 3.63) is 23.4 Å². The van der Waals surface area contributed by atoms with E-state index in [2.05, 4.69) is 12.2 Å². The largest absolute Gasteiger partial charge is 0.399 e. The molecule has 0 bridgehead atoms. The van der Waals surface area contributed by atoms with Crippen LogP contribution in [0.2, 0.25) is 0 Å². The van der Waals surface area contributed by atoms with Crippen LogP contribution in [0.4, 0.5) is 0 Å². The van der Waals surface area contributed by atoms with Crippen LogP contribution in [0, 0.1) is 5.92 Å². The highest BCUT2D eigenvalue weighted by Gasteiger charge is 2.21. The predicted molar refractivity (Wildman–Crippen MR) is 42.3 cm³/mol. The first-order valence-corrected chi connectivity index (χ1v) is 4.02. The molecule has 0 heterocycles. The van der Waals surface area contributed by atoms with Crippen molar-refractivity contribution in [3.8, 4) is 0 Å². The van der Waals surface area contributed by atoms with Crippen molar-refractivity contribution >= 4 is 0 Å². The van der Waals surface area contributed by atoms with E-state index in [1.807, 2.05) is 0 Å². The van der Waals surface area contributed by atoms with Gasteiger partial charge in [-0.3, -0.25) is 0 Å². The first kappa shape index (κ1) is 6.02. The molecule has 10 heavy (non-hydrogen) atoms. The minimum absolute atomic E-state index is 0.854. The van der Waals surface area contributed by atoms with E-state index in [4.69, 9.17) is 5.73 Å². The van der Waals surface area contributed by atoms with Crippen LogP contribution in [0.1, 0.15) is 25.7 Å². The Hall–Kier alpha value is -0.720. The highest BCUT2D eigenvalue weighted by Crippen LogP contribution is 2.36. The molecule has 0 saturated heterocycles. The summed E-state index contributed by atoms with van der Waals surface area (Å²) in [5.74, 6) is 0.854. The summed E-state index contributed by atoms with van der Waals surface area (Å²) in [6, 6.07) is 0. The lowest BCUT2D eigenvalue weighted by Gasteiger charge is -2.14. The van der Waals surface area contributed by atoms with Crippen molar-refractivity contribution < 1.29 is 0 Å². The van der Waals surface area contributed by atoms with Crippen LogP contribution in [0.5, 0.6) is 0 Å². The fourth-order valence-corrected chi connectivity index (χ4v) is 1.95. The van der Waals surface area contributed by atoms with Crippen LogP contribution in [0.25, 0.3) is 0 Å². The molecule has 0 spiro atoms. The maximum absolute atomic E-state index is 5.68. The number of rotatable bonds is 0. The third-order valence-corrected chi connectivity index (χ3v) is 2.53. The van der Waals surface area contributed by atoms with Crippen LogP contribution >= 0.6 is 0 Å². The Morgan fingerprint density at radius 2 is 2.40 bits per heavy atom. The average molecular weight is 135 g/mol. The van der Waals surface area contributed by atoms with Gasteiger partial charge in [0.2, 0.25) is 0 Å². The molecule has 54 valence electrons. The summed E-state index contributed by atoms with van der Waals surface area (Å²) >= 11 is 0. The van der Waals surface area contributed by atoms with Gasteiger partial charge in [-0.2, -0.15) is 0 Å². The lowest BCUT2D eigenvalue weighted by atomic mass is 9.93. The molecule has 0 radical (unpaired) electrons. The second-order valence-electron chi connectivity index (χ2n) is 3.25. The third-order valence-electron chi connectivity index (χ3n) is 2.53. The summed E-state index contributed by atoms with van der Waals surface area (Å²) < 4.78 is 0. The minimum atomic E-state index is 0.854. The van der Waals surface area contributed by atoms with Crippen LogP contribution in [0.15, 0.2) is 23.4 Å². The van der Waals surface area contributed by atoms with Gasteiger partial charge < -0.3 is 5.73 Å². The van der Waals surface area contributed by atoms with Gasteiger partial charge >= 0.3 is 0 Å². The van der Waals surface area contributed by atoms with E-state index in [9.17, 15) is 0 Å². The van der Waals surface area contributed by atoms with E-state index in [0.29, 0.717) is 0 Å². The summed E-state index contributed by atoms with van der Waals surface area (Å²) in [4.78, 5) is 0. The zero-order valence-electron chi connectivity index (χ0n) is 6.14. The summed E-state index contributed by atoms with van der Waals surface area (Å²) in [5, 5.41) is 0. The first-order valence-electron chi connectivity index (χ1n) is 4.02. The zero-order chi connectivity index (χ0) is 6.97. The van der Waals surface area contributed by atoms with Crippen LogP contribution < -0.4 is 5.73 Å². The monoisotopic (exact) mass is 135 g/mol. The van der Waals surface area contributed by atoms with Crippen LogP contribution in [-0.2, 0) is 0 Å². The van der Waals surface area contributed by atoms with Crippen LogP contribution in [0.3, 0.4) is 0 Å². The molecule has 2 N–H and O–H groups in total. The van der Waals surface area contributed by atoms with Crippen molar-refractivity contribution in [1.29, 1.82) is 0 Å². The minimum Gasteiger partial charge on any atom is -0.399 e. The molecule has 1 saturated carbocycles. The number of nitrogens with two attached hydrogens (primary N) is 1. The maximum Gasteiger partial charge on any atom is 0.0273 e. The standard InChI is InChI=1S/C9H13N/c10-9-5-4-7-2-1-3-8(7)6-9/h5-7H,1-4,10H2. The fourth-order valence-electron chi connectivity index (χ4n) is 1.95. The molecule has 2 aliphatic carbocycles. The molecular formula is C9H13N. The number of fused-ring (bicyclic) bond motifs is 1. The summed E-state index contributed by atoms with van der Waals surface area (Å²) in [6.07, 6.45) is 9.56. The van der Waals surface area contributed by atoms with Gasteiger partial charge in [0, 0.05) is 5.70 Å². The Morgan fingerprint density at radius 3 is 3.30 bits per heavy atom. The van der Waals surface area contributed by atoms with Gasteiger partial charge in [-0.25, -0.2) is 0 Å². The fraction of sp³-hybridized carbons (Fsp3) is 0.556. The van der Waals surface area contributed by atoms with Crippen molar-refractivity contribution in [2.75, 3.05) is 0 Å². The van der Waals surface area contributed by atoms with Gasteiger partial charge in [-0.1, -0.05) is 11.6 Å². The van der Waals surface area contributed by atoms with Crippen molar-refractivity contribution in [2.24, 2.45) is 11.7 Å². The normalized spacial score (nSPS) is 31.0. The van der Waals surface area contributed by atoms with E-state index in [1.165, 1.54) is 25.7 Å². The molecule has 0 aliphatic heterocycles. The Kier molecular flexibility index (Phi) is 1.30. The number of allylic oxidation sites excluding steroid dienone is 3. The van der Waals surface area contributed by atoms with Crippen molar-refractivity contribution in [3.63, 3.8) is 0 Å². The molecule has 0 amide bonds. The zero-order valence-corrected chi connectivity index (χ0v) is 6.14. The topological polar surface area (TPSA) is 26.0 Å². The van der Waals surface area contributed by atoms with Gasteiger partial charge in [-0.05, 0) is 37.7 Å². The van der Waals surface area contributed by atoms with Gasteiger partial charge in [0.1, 0.15) is 0 Å². The first-order chi connectivity index (χ1) is 4.86. The highest BCUT2D eigenvalue weighted by molar-refractivity contribution is 5.29. The second-order valence-corrected chi connectivity index (χ2v) is 3.25. The van der Waals surface area contributed by atoms with E-state index in [-0.39, 0.29) is 0 Å². The third kappa shape index (κ3) is 0.859. The van der Waals surface area contributed by atoms with E-state index in [0.717, 1.165) is 11.6 Å². The van der Waals surface area contributed by atoms with Gasteiger partial charge in [-0.15, -0.1) is 0 Å². The Bertz CT molecular complexity index is 201. The lowest BCUT2D eigenvalue weighted by molar-refractivity contribution is 0.629. The van der Waals surface area contributed by atoms with Gasteiger partial charge in [0.25, 0.3) is 0 Å². The molecule has 1 heteroatoms. The van der Waals surface area contributed by atoms with Gasteiger partial charge in [0.05, 0.1) is 0 Å². The Balaban J connectivity index is 2.24. The van der Waals surface area contributed by atoms with E-state index in [1.54, 1.807) is 5.57 Å². The van der Waals surface area contributed by atoms with Gasteiger partial charge in [0.15, 0.2) is 0 Å². The molecule has 2 rings (SSSR count). The lowest BCUT2D eigenvalue weighted by Crippen LogP contribution is -2.05. The maximum atomic E-state index is 5.68. The quantitative estimate of drug-likeness (QED) is 0.540. The van der Waals surface area contributed by atoms with Crippen molar-refractivity contribution in [2.45, 2.75) is 25.7 Å². The highest BCUT2D eigenvalue weighted by atomic mass is 14.6. The Morgan fingerprint density at radius 1 is 1.50 bits per heavy atom. The number of hydrogen-bond acceptors (Lipinski definition) is 1. The molecule has 0 aromatic rings. The molecule has 1 nitrogen and oxygen atoms in total. The Labute approximate surface area is 61.6 Å². The molecular weight excluding hydrogens is 122 g/mol. The molecule has 2 aliphatic rings. The number of hydrogen-bond donors (Lipinski definition) is 1. The molecule has 0 aromatic carbocycles. The molecule has 0 aromatic heterocycles. The summed E-state index contributed by atoms with van der Waals surface area (Å²) in [6.45, 7) is 0. The van der Waals surface area contributed by atoms with E-state index < -0.39 is 0 Å². The van der Waals surface area contributed by atoms with Crippen LogP contribution in [-0.4, -0.2) is 0 Å². The second kappa shape index (κ2) is 2.15. The van der Waals surface area contributed by atoms with E-state index >= 15 is 0 Å². The SMILES string of the molecule is NC1=CCC2CCCC2=C1. The average Bonchev–Trinajstić information content (AvgIpc) is 2.33. The predicted octanol–water partition coefficient (Wildman–Crippen LogP) is 1.96. The molecule has 1 atom stereocenters. The molecule has 1 unspecified atom stereocenters. The summed E-state index contributed by atoms with van der Waals surface area (Å²) in [5.41, 5.74) is 8.25. The smallest absolute Gasteiger partial charge is 0.0273 e. The molecule has 1 fully saturated rings. The summed E-state index contributed by atoms with van der Waals surface area (Å²) in [7, 11) is 0.